The summed E-state index contributed by atoms with van der Waals surface area (Å²) in [7, 11) is -3.55. The standard InChI is InChI=1S/C18H23NO2S/c1-4-5-6-16-9-11-17(12-10-16)19-22(20,21)18-13-14(2)7-8-15(18)3/h7-13,19H,4-6H2,1-3H3. The Kier molecular flexibility index (Phi) is 5.24. The molecule has 0 spiro atoms. The third-order valence-corrected chi connectivity index (χ3v) is 5.18. The van der Waals surface area contributed by atoms with Gasteiger partial charge in [0.15, 0.2) is 0 Å². The van der Waals surface area contributed by atoms with Gasteiger partial charge in [0.2, 0.25) is 0 Å². The van der Waals surface area contributed by atoms with Gasteiger partial charge in [-0.1, -0.05) is 37.6 Å². The summed E-state index contributed by atoms with van der Waals surface area (Å²) in [6.45, 7) is 5.86. The first-order valence-electron chi connectivity index (χ1n) is 7.61. The fourth-order valence-electron chi connectivity index (χ4n) is 2.33. The first kappa shape index (κ1) is 16.6. The number of anilines is 1. The van der Waals surface area contributed by atoms with Crippen LogP contribution in [0.3, 0.4) is 0 Å². The number of hydrogen-bond acceptors (Lipinski definition) is 2. The van der Waals surface area contributed by atoms with Crippen LogP contribution in [0.15, 0.2) is 47.4 Å². The van der Waals surface area contributed by atoms with E-state index in [4.69, 9.17) is 0 Å². The molecule has 0 fully saturated rings. The number of nitrogens with one attached hydrogen (secondary N) is 1. The summed E-state index contributed by atoms with van der Waals surface area (Å²) in [5.41, 5.74) is 3.51. The second kappa shape index (κ2) is 6.97. The maximum absolute atomic E-state index is 12.5. The number of hydrogen-bond donors (Lipinski definition) is 1. The molecule has 4 heteroatoms. The molecule has 2 rings (SSSR count). The summed E-state index contributed by atoms with van der Waals surface area (Å²) in [4.78, 5) is 0.336. The summed E-state index contributed by atoms with van der Waals surface area (Å²) < 4.78 is 27.7. The van der Waals surface area contributed by atoms with Crippen molar-refractivity contribution in [1.29, 1.82) is 0 Å². The maximum atomic E-state index is 12.5. The predicted molar refractivity (Wildman–Crippen MR) is 91.8 cm³/mol. The Hall–Kier alpha value is -1.81. The summed E-state index contributed by atoms with van der Waals surface area (Å²) >= 11 is 0. The molecule has 2 aromatic carbocycles. The first-order chi connectivity index (χ1) is 10.4. The summed E-state index contributed by atoms with van der Waals surface area (Å²) in [5.74, 6) is 0. The van der Waals surface area contributed by atoms with E-state index in [1.807, 2.05) is 50.2 Å². The highest BCUT2D eigenvalue weighted by Crippen LogP contribution is 2.21. The molecule has 0 heterocycles. The van der Waals surface area contributed by atoms with E-state index in [0.29, 0.717) is 10.6 Å². The molecular formula is C18H23NO2S. The third-order valence-electron chi connectivity index (χ3n) is 3.66. The summed E-state index contributed by atoms with van der Waals surface area (Å²) in [5, 5.41) is 0. The lowest BCUT2D eigenvalue weighted by Gasteiger charge is -2.11. The van der Waals surface area contributed by atoms with Gasteiger partial charge in [0, 0.05) is 5.69 Å². The predicted octanol–water partition coefficient (Wildman–Crippen LogP) is 4.45. The van der Waals surface area contributed by atoms with Crippen LogP contribution in [0.4, 0.5) is 5.69 Å². The van der Waals surface area contributed by atoms with Gasteiger partial charge in [-0.15, -0.1) is 0 Å². The van der Waals surface area contributed by atoms with Crippen LogP contribution in [0.1, 0.15) is 36.5 Å². The molecule has 0 amide bonds. The van der Waals surface area contributed by atoms with E-state index in [0.717, 1.165) is 30.4 Å². The second-order valence-corrected chi connectivity index (χ2v) is 7.33. The molecule has 0 aromatic heterocycles. The van der Waals surface area contributed by atoms with Crippen LogP contribution in [-0.2, 0) is 16.4 Å². The fraction of sp³-hybridized carbons (Fsp3) is 0.333. The molecule has 0 saturated carbocycles. The molecule has 118 valence electrons. The van der Waals surface area contributed by atoms with Gasteiger partial charge >= 0.3 is 0 Å². The van der Waals surface area contributed by atoms with Crippen molar-refractivity contribution in [2.24, 2.45) is 0 Å². The van der Waals surface area contributed by atoms with Gasteiger partial charge in [-0.3, -0.25) is 4.72 Å². The topological polar surface area (TPSA) is 46.2 Å². The largest absolute Gasteiger partial charge is 0.280 e. The number of unbranched alkanes of at least 4 members (excludes halogenated alkanes) is 1. The van der Waals surface area contributed by atoms with E-state index in [9.17, 15) is 8.42 Å². The molecular weight excluding hydrogens is 294 g/mol. The van der Waals surface area contributed by atoms with Crippen molar-refractivity contribution < 1.29 is 8.42 Å². The lowest BCUT2D eigenvalue weighted by molar-refractivity contribution is 0.600. The Balaban J connectivity index is 2.20. The van der Waals surface area contributed by atoms with Crippen molar-refractivity contribution in [3.63, 3.8) is 0 Å². The molecule has 0 aliphatic rings. The van der Waals surface area contributed by atoms with Crippen molar-refractivity contribution in [1.82, 2.24) is 0 Å². The number of sulfonamides is 1. The smallest absolute Gasteiger partial charge is 0.262 e. The molecule has 0 radical (unpaired) electrons. The Bertz CT molecular complexity index is 734. The lowest BCUT2D eigenvalue weighted by Crippen LogP contribution is -2.14. The molecule has 0 atom stereocenters. The van der Waals surface area contributed by atoms with Gasteiger partial charge in [-0.05, 0) is 61.6 Å². The summed E-state index contributed by atoms with van der Waals surface area (Å²) in [6, 6.07) is 13.1. The average Bonchev–Trinajstić information content (AvgIpc) is 2.48. The SMILES string of the molecule is CCCCc1ccc(NS(=O)(=O)c2cc(C)ccc2C)cc1. The van der Waals surface area contributed by atoms with Gasteiger partial charge in [0.1, 0.15) is 0 Å². The van der Waals surface area contributed by atoms with Gasteiger partial charge in [-0.25, -0.2) is 8.42 Å². The van der Waals surface area contributed by atoms with Gasteiger partial charge in [0.25, 0.3) is 10.0 Å². The quantitative estimate of drug-likeness (QED) is 0.855. The Labute approximate surface area is 133 Å². The first-order valence-corrected chi connectivity index (χ1v) is 9.09. The molecule has 0 aliphatic heterocycles. The van der Waals surface area contributed by atoms with Crippen molar-refractivity contribution in [2.45, 2.75) is 44.9 Å². The van der Waals surface area contributed by atoms with Crippen LogP contribution in [0, 0.1) is 13.8 Å². The molecule has 0 unspecified atom stereocenters. The normalized spacial score (nSPS) is 11.4. The Morgan fingerprint density at radius 3 is 2.32 bits per heavy atom. The maximum Gasteiger partial charge on any atom is 0.262 e. The zero-order chi connectivity index (χ0) is 16.2. The monoisotopic (exact) mass is 317 g/mol. The zero-order valence-electron chi connectivity index (χ0n) is 13.4. The minimum atomic E-state index is -3.55. The molecule has 3 nitrogen and oxygen atoms in total. The highest BCUT2D eigenvalue weighted by Gasteiger charge is 2.17. The highest BCUT2D eigenvalue weighted by atomic mass is 32.2. The highest BCUT2D eigenvalue weighted by molar-refractivity contribution is 7.92. The molecule has 0 bridgehead atoms. The number of aryl methyl sites for hydroxylation is 3. The zero-order valence-corrected chi connectivity index (χ0v) is 14.2. The number of benzene rings is 2. The van der Waals surface area contributed by atoms with Crippen molar-refractivity contribution in [3.8, 4) is 0 Å². The van der Waals surface area contributed by atoms with Crippen LogP contribution >= 0.6 is 0 Å². The second-order valence-electron chi connectivity index (χ2n) is 5.67. The Morgan fingerprint density at radius 1 is 1.00 bits per heavy atom. The minimum Gasteiger partial charge on any atom is -0.280 e. The lowest BCUT2D eigenvalue weighted by atomic mass is 10.1. The average molecular weight is 317 g/mol. The van der Waals surface area contributed by atoms with Crippen molar-refractivity contribution in [3.05, 3.63) is 59.2 Å². The van der Waals surface area contributed by atoms with E-state index in [-0.39, 0.29) is 0 Å². The van der Waals surface area contributed by atoms with Gasteiger partial charge in [-0.2, -0.15) is 0 Å². The van der Waals surface area contributed by atoms with E-state index >= 15 is 0 Å². The van der Waals surface area contributed by atoms with Crippen molar-refractivity contribution in [2.75, 3.05) is 4.72 Å². The van der Waals surface area contributed by atoms with E-state index in [1.54, 1.807) is 6.07 Å². The molecule has 0 saturated heterocycles. The molecule has 1 N–H and O–H groups in total. The molecule has 0 aliphatic carbocycles. The van der Waals surface area contributed by atoms with Crippen LogP contribution in [0.2, 0.25) is 0 Å². The molecule has 2 aromatic rings. The van der Waals surface area contributed by atoms with Crippen molar-refractivity contribution >= 4 is 15.7 Å². The van der Waals surface area contributed by atoms with E-state index in [2.05, 4.69) is 11.6 Å². The van der Waals surface area contributed by atoms with Gasteiger partial charge < -0.3 is 0 Å². The van der Waals surface area contributed by atoms with Crippen LogP contribution in [0.25, 0.3) is 0 Å². The van der Waals surface area contributed by atoms with Crippen LogP contribution in [-0.4, -0.2) is 8.42 Å². The summed E-state index contributed by atoms with van der Waals surface area (Å²) in [6.07, 6.45) is 3.33. The fourth-order valence-corrected chi connectivity index (χ4v) is 3.72. The third kappa shape index (κ3) is 4.10. The van der Waals surface area contributed by atoms with E-state index in [1.165, 1.54) is 5.56 Å². The van der Waals surface area contributed by atoms with E-state index < -0.39 is 10.0 Å². The molecule has 22 heavy (non-hydrogen) atoms. The number of rotatable bonds is 6. The Morgan fingerprint density at radius 2 is 1.68 bits per heavy atom. The van der Waals surface area contributed by atoms with Crippen LogP contribution < -0.4 is 4.72 Å². The van der Waals surface area contributed by atoms with Gasteiger partial charge in [0.05, 0.1) is 4.90 Å². The van der Waals surface area contributed by atoms with Crippen LogP contribution in [0.5, 0.6) is 0 Å². The minimum absolute atomic E-state index is 0.336.